The Morgan fingerprint density at radius 2 is 1.65 bits per heavy atom. The van der Waals surface area contributed by atoms with Gasteiger partial charge in [-0.2, -0.15) is 12.6 Å². The van der Waals surface area contributed by atoms with E-state index in [-0.39, 0.29) is 11.9 Å². The number of carbonyl (C=O) groups is 1. The number of benzene rings is 2. The van der Waals surface area contributed by atoms with Gasteiger partial charge >= 0.3 is 6.09 Å². The van der Waals surface area contributed by atoms with Gasteiger partial charge < -0.3 is 10.1 Å². The van der Waals surface area contributed by atoms with E-state index in [4.69, 9.17) is 4.74 Å². The van der Waals surface area contributed by atoms with Gasteiger partial charge in [-0.25, -0.2) is 4.79 Å². The van der Waals surface area contributed by atoms with Crippen LogP contribution in [0.3, 0.4) is 0 Å². The Balaban J connectivity index is 1.73. The van der Waals surface area contributed by atoms with E-state index in [9.17, 15) is 4.79 Å². The van der Waals surface area contributed by atoms with Gasteiger partial charge in [0.2, 0.25) is 0 Å². The van der Waals surface area contributed by atoms with Crippen molar-refractivity contribution < 1.29 is 9.53 Å². The molecule has 1 unspecified atom stereocenters. The van der Waals surface area contributed by atoms with E-state index in [0.717, 1.165) is 11.1 Å². The maximum Gasteiger partial charge on any atom is 0.407 e. The zero-order valence-corrected chi connectivity index (χ0v) is 11.9. The summed E-state index contributed by atoms with van der Waals surface area (Å²) >= 11 is 4.46. The van der Waals surface area contributed by atoms with Crippen molar-refractivity contribution in [2.45, 2.75) is 11.9 Å². The van der Waals surface area contributed by atoms with Gasteiger partial charge in [0.15, 0.2) is 0 Å². The first-order chi connectivity index (χ1) is 9.75. The molecule has 2 aromatic carbocycles. The van der Waals surface area contributed by atoms with E-state index in [1.54, 1.807) is 0 Å². The minimum Gasteiger partial charge on any atom is -0.445 e. The molecule has 2 rings (SSSR count). The summed E-state index contributed by atoms with van der Waals surface area (Å²) in [5.74, 6) is 0. The molecule has 0 aliphatic heterocycles. The number of amides is 1. The lowest BCUT2D eigenvalue weighted by molar-refractivity contribution is 0.139. The van der Waals surface area contributed by atoms with Crippen LogP contribution < -0.4 is 5.32 Å². The Morgan fingerprint density at radius 1 is 1.05 bits per heavy atom. The van der Waals surface area contributed by atoms with Crippen LogP contribution in [0.25, 0.3) is 0 Å². The Kier molecular flexibility index (Phi) is 5.50. The number of nitrogens with one attached hydrogen (secondary N) is 1. The van der Waals surface area contributed by atoms with Crippen LogP contribution in [-0.2, 0) is 11.3 Å². The summed E-state index contributed by atoms with van der Waals surface area (Å²) in [6.07, 6.45) is -0.427. The maximum atomic E-state index is 11.6. The Morgan fingerprint density at radius 3 is 2.30 bits per heavy atom. The largest absolute Gasteiger partial charge is 0.445 e. The first-order valence-corrected chi connectivity index (χ1v) is 6.95. The Hall–Kier alpha value is -1.94. The number of rotatable bonds is 5. The third-order valence-corrected chi connectivity index (χ3v) is 3.32. The molecule has 0 spiro atoms. The number of thiol groups is 1. The fourth-order valence-electron chi connectivity index (χ4n) is 1.75. The van der Waals surface area contributed by atoms with E-state index >= 15 is 0 Å². The topological polar surface area (TPSA) is 38.3 Å². The number of ether oxygens (including phenoxy) is 1. The molecule has 0 aliphatic carbocycles. The Bertz CT molecular complexity index is 531. The van der Waals surface area contributed by atoms with E-state index in [1.807, 2.05) is 60.7 Å². The summed E-state index contributed by atoms with van der Waals surface area (Å²) in [7, 11) is 0. The average molecular weight is 287 g/mol. The molecule has 2 aromatic rings. The fraction of sp³-hybridized carbons (Fsp3) is 0.188. The first kappa shape index (κ1) is 14.5. The van der Waals surface area contributed by atoms with Crippen molar-refractivity contribution >= 4 is 18.7 Å². The molecule has 0 aromatic heterocycles. The van der Waals surface area contributed by atoms with Gasteiger partial charge in [-0.15, -0.1) is 0 Å². The highest BCUT2D eigenvalue weighted by molar-refractivity contribution is 7.80. The predicted molar refractivity (Wildman–Crippen MR) is 82.8 cm³/mol. The molecule has 4 heteroatoms. The summed E-state index contributed by atoms with van der Waals surface area (Å²) in [5.41, 5.74) is 2.03. The standard InChI is InChI=1S/C16H17NO2S/c18-16(19-12-13-7-3-1-4-8-13)17-11-15(20)14-9-5-2-6-10-14/h1-10,15,20H,11-12H2,(H,17,18). The van der Waals surface area contributed by atoms with Crippen LogP contribution in [0.4, 0.5) is 4.79 Å². The molecule has 0 saturated carbocycles. The van der Waals surface area contributed by atoms with E-state index in [1.165, 1.54) is 0 Å². The van der Waals surface area contributed by atoms with Gasteiger partial charge in [-0.3, -0.25) is 0 Å². The minimum absolute atomic E-state index is 0.0412. The number of alkyl carbamates (subject to hydrolysis) is 1. The van der Waals surface area contributed by atoms with Crippen LogP contribution in [0.15, 0.2) is 60.7 Å². The second-order valence-electron chi connectivity index (χ2n) is 4.37. The summed E-state index contributed by atoms with van der Waals surface area (Å²) in [4.78, 5) is 11.6. The summed E-state index contributed by atoms with van der Waals surface area (Å²) in [6, 6.07) is 19.4. The summed E-state index contributed by atoms with van der Waals surface area (Å²) in [6.45, 7) is 0.704. The minimum atomic E-state index is -0.427. The lowest BCUT2D eigenvalue weighted by Gasteiger charge is -2.12. The molecule has 0 saturated heterocycles. The molecule has 0 heterocycles. The van der Waals surface area contributed by atoms with Crippen molar-refractivity contribution in [3.8, 4) is 0 Å². The van der Waals surface area contributed by atoms with Crippen molar-refractivity contribution in [3.63, 3.8) is 0 Å². The molecular formula is C16H17NO2S. The molecule has 0 radical (unpaired) electrons. The van der Waals surface area contributed by atoms with Crippen LogP contribution in [0.2, 0.25) is 0 Å². The summed E-state index contributed by atoms with van der Waals surface area (Å²) in [5, 5.41) is 2.67. The summed E-state index contributed by atoms with van der Waals surface area (Å²) < 4.78 is 5.13. The van der Waals surface area contributed by atoms with Crippen molar-refractivity contribution in [3.05, 3.63) is 71.8 Å². The highest BCUT2D eigenvalue weighted by atomic mass is 32.1. The van der Waals surface area contributed by atoms with Gasteiger partial charge in [0.25, 0.3) is 0 Å². The highest BCUT2D eigenvalue weighted by Gasteiger charge is 2.08. The van der Waals surface area contributed by atoms with E-state index in [2.05, 4.69) is 17.9 Å². The van der Waals surface area contributed by atoms with Crippen LogP contribution >= 0.6 is 12.6 Å². The average Bonchev–Trinajstić information content (AvgIpc) is 2.52. The van der Waals surface area contributed by atoms with Gasteiger partial charge in [-0.1, -0.05) is 60.7 Å². The fourth-order valence-corrected chi connectivity index (χ4v) is 2.01. The van der Waals surface area contributed by atoms with Crippen molar-refractivity contribution in [2.75, 3.05) is 6.54 Å². The lowest BCUT2D eigenvalue weighted by atomic mass is 10.1. The highest BCUT2D eigenvalue weighted by Crippen LogP contribution is 2.17. The van der Waals surface area contributed by atoms with E-state index in [0.29, 0.717) is 6.54 Å². The number of hydrogen-bond donors (Lipinski definition) is 2. The lowest BCUT2D eigenvalue weighted by Crippen LogP contribution is -2.27. The van der Waals surface area contributed by atoms with Crippen molar-refractivity contribution in [2.24, 2.45) is 0 Å². The SMILES string of the molecule is O=C(NCC(S)c1ccccc1)OCc1ccccc1. The molecule has 104 valence electrons. The molecule has 1 N–H and O–H groups in total. The predicted octanol–water partition coefficient (Wildman–Crippen LogP) is 3.58. The normalized spacial score (nSPS) is 11.7. The second-order valence-corrected chi connectivity index (χ2v) is 4.99. The monoisotopic (exact) mass is 287 g/mol. The molecule has 20 heavy (non-hydrogen) atoms. The van der Waals surface area contributed by atoms with Crippen LogP contribution in [-0.4, -0.2) is 12.6 Å². The third-order valence-electron chi connectivity index (χ3n) is 2.84. The number of hydrogen-bond acceptors (Lipinski definition) is 3. The zero-order chi connectivity index (χ0) is 14.2. The first-order valence-electron chi connectivity index (χ1n) is 6.43. The number of carbonyl (C=O) groups excluding carboxylic acids is 1. The van der Waals surface area contributed by atoms with Gasteiger partial charge in [0.05, 0.1) is 0 Å². The quantitative estimate of drug-likeness (QED) is 0.825. The third kappa shape index (κ3) is 4.63. The smallest absolute Gasteiger partial charge is 0.407 e. The molecule has 0 fully saturated rings. The molecular weight excluding hydrogens is 270 g/mol. The van der Waals surface area contributed by atoms with Crippen molar-refractivity contribution in [1.82, 2.24) is 5.32 Å². The molecule has 0 aliphatic rings. The van der Waals surface area contributed by atoms with Gasteiger partial charge in [0, 0.05) is 11.8 Å². The molecule has 3 nitrogen and oxygen atoms in total. The Labute approximate surface area is 124 Å². The van der Waals surface area contributed by atoms with Crippen LogP contribution in [0.1, 0.15) is 16.4 Å². The molecule has 1 amide bonds. The van der Waals surface area contributed by atoms with Crippen LogP contribution in [0.5, 0.6) is 0 Å². The van der Waals surface area contributed by atoms with Gasteiger partial charge in [0.1, 0.15) is 6.61 Å². The van der Waals surface area contributed by atoms with Crippen molar-refractivity contribution in [1.29, 1.82) is 0 Å². The second kappa shape index (κ2) is 7.60. The van der Waals surface area contributed by atoms with Crippen LogP contribution in [0, 0.1) is 0 Å². The van der Waals surface area contributed by atoms with Gasteiger partial charge in [-0.05, 0) is 11.1 Å². The maximum absolute atomic E-state index is 11.6. The molecule has 0 bridgehead atoms. The van der Waals surface area contributed by atoms with E-state index < -0.39 is 6.09 Å². The molecule has 1 atom stereocenters. The zero-order valence-electron chi connectivity index (χ0n) is 11.0.